The molecule has 0 atom stereocenters. The van der Waals surface area contributed by atoms with Crippen LogP contribution in [0.25, 0.3) is 0 Å². The third kappa shape index (κ3) is 4.28. The summed E-state index contributed by atoms with van der Waals surface area (Å²) in [4.78, 5) is 10.2. The fraction of sp³-hybridized carbons (Fsp3) is 0.357. The van der Waals surface area contributed by atoms with Gasteiger partial charge in [-0.3, -0.25) is 14.8 Å². The van der Waals surface area contributed by atoms with Crippen molar-refractivity contribution in [1.29, 1.82) is 0 Å². The van der Waals surface area contributed by atoms with E-state index < -0.39 is 16.8 Å². The van der Waals surface area contributed by atoms with Gasteiger partial charge in [0.15, 0.2) is 5.69 Å². The molecule has 0 saturated carbocycles. The van der Waals surface area contributed by atoms with Crippen molar-refractivity contribution in [2.45, 2.75) is 25.6 Å². The van der Waals surface area contributed by atoms with E-state index in [4.69, 9.17) is 5.11 Å². The maximum absolute atomic E-state index is 13.0. The molecule has 0 spiro atoms. The van der Waals surface area contributed by atoms with Crippen LogP contribution in [0.3, 0.4) is 0 Å². The molecule has 0 fully saturated rings. The minimum atomic E-state index is -4.58. The van der Waals surface area contributed by atoms with Gasteiger partial charge in [0.25, 0.3) is 5.69 Å². The summed E-state index contributed by atoms with van der Waals surface area (Å²) in [5, 5.41) is 23.0. The van der Waals surface area contributed by atoms with E-state index in [1.807, 2.05) is 0 Å². The third-order valence-corrected chi connectivity index (χ3v) is 3.18. The molecule has 0 amide bonds. The van der Waals surface area contributed by atoms with Crippen molar-refractivity contribution in [3.05, 3.63) is 57.4 Å². The van der Waals surface area contributed by atoms with Gasteiger partial charge in [-0.15, -0.1) is 0 Å². The first-order valence-electron chi connectivity index (χ1n) is 6.79. The number of hydrogen-bond donors (Lipinski definition) is 1. The number of nitro benzene ring substituents is 1. The lowest BCUT2D eigenvalue weighted by Gasteiger charge is -2.05. The molecule has 6 nitrogen and oxygen atoms in total. The Balaban J connectivity index is 2.28. The Kier molecular flexibility index (Phi) is 4.99. The van der Waals surface area contributed by atoms with Gasteiger partial charge in [-0.1, -0.05) is 12.1 Å². The summed E-state index contributed by atoms with van der Waals surface area (Å²) < 4.78 is 40.0. The Bertz CT molecular complexity index is 698. The van der Waals surface area contributed by atoms with Gasteiger partial charge >= 0.3 is 6.18 Å². The number of aromatic nitrogens is 2. The quantitative estimate of drug-likeness (QED) is 0.653. The van der Waals surface area contributed by atoms with E-state index >= 15 is 0 Å². The number of alkyl halides is 3. The highest BCUT2D eigenvalue weighted by Gasteiger charge is 2.36. The zero-order chi connectivity index (χ0) is 17.0. The van der Waals surface area contributed by atoms with E-state index in [1.165, 1.54) is 24.4 Å². The lowest BCUT2D eigenvalue weighted by molar-refractivity contribution is -0.384. The average Bonchev–Trinajstić information content (AvgIpc) is 2.88. The van der Waals surface area contributed by atoms with Crippen molar-refractivity contribution in [1.82, 2.24) is 9.78 Å². The van der Waals surface area contributed by atoms with Crippen LogP contribution in [0, 0.1) is 10.1 Å². The van der Waals surface area contributed by atoms with Gasteiger partial charge in [-0.25, -0.2) is 0 Å². The zero-order valence-corrected chi connectivity index (χ0v) is 12.0. The Labute approximate surface area is 129 Å². The normalized spacial score (nSPS) is 11.7. The summed E-state index contributed by atoms with van der Waals surface area (Å²) in [6.07, 6.45) is -3.07. The highest BCUT2D eigenvalue weighted by molar-refractivity contribution is 5.34. The molecular weight excluding hydrogens is 315 g/mol. The molecule has 2 aromatic rings. The molecule has 0 radical (unpaired) electrons. The Morgan fingerprint density at radius 1 is 1.35 bits per heavy atom. The Morgan fingerprint density at radius 3 is 2.70 bits per heavy atom. The van der Waals surface area contributed by atoms with Gasteiger partial charge < -0.3 is 5.11 Å². The predicted molar refractivity (Wildman–Crippen MR) is 74.8 cm³/mol. The number of nitro groups is 1. The number of halogens is 3. The zero-order valence-electron chi connectivity index (χ0n) is 12.0. The Morgan fingerprint density at radius 2 is 2.09 bits per heavy atom. The van der Waals surface area contributed by atoms with Crippen molar-refractivity contribution in [3.8, 4) is 0 Å². The van der Waals surface area contributed by atoms with Gasteiger partial charge in [-0.05, 0) is 18.4 Å². The molecule has 0 aliphatic carbocycles. The number of aryl methyl sites for hydroxylation is 1. The van der Waals surface area contributed by atoms with Crippen LogP contribution in [-0.2, 0) is 19.1 Å². The first-order chi connectivity index (χ1) is 10.8. The topological polar surface area (TPSA) is 81.2 Å². The first-order valence-corrected chi connectivity index (χ1v) is 6.79. The van der Waals surface area contributed by atoms with Gasteiger partial charge in [0, 0.05) is 30.5 Å². The van der Waals surface area contributed by atoms with Crippen molar-refractivity contribution in [2.24, 2.45) is 0 Å². The molecule has 1 aromatic heterocycles. The lowest BCUT2D eigenvalue weighted by Crippen LogP contribution is -2.10. The monoisotopic (exact) mass is 329 g/mol. The van der Waals surface area contributed by atoms with Crippen LogP contribution < -0.4 is 0 Å². The summed E-state index contributed by atoms with van der Waals surface area (Å²) in [5.41, 5.74) is -0.649. The van der Waals surface area contributed by atoms with Crippen LogP contribution >= 0.6 is 0 Å². The maximum atomic E-state index is 13.0. The minimum Gasteiger partial charge on any atom is -0.396 e. The fourth-order valence-corrected chi connectivity index (χ4v) is 2.19. The second kappa shape index (κ2) is 6.78. The molecule has 2 rings (SSSR count). The number of nitrogens with zero attached hydrogens (tertiary/aromatic N) is 3. The van der Waals surface area contributed by atoms with Crippen LogP contribution in [0.2, 0.25) is 0 Å². The van der Waals surface area contributed by atoms with Crippen LogP contribution in [-0.4, -0.2) is 26.4 Å². The molecule has 1 heterocycles. The lowest BCUT2D eigenvalue weighted by atomic mass is 10.1. The molecule has 1 N–H and O–H groups in total. The molecule has 0 aliphatic rings. The van der Waals surface area contributed by atoms with Crippen LogP contribution in [0.4, 0.5) is 18.9 Å². The molecule has 23 heavy (non-hydrogen) atoms. The number of rotatable bonds is 6. The van der Waals surface area contributed by atoms with E-state index in [2.05, 4.69) is 5.10 Å². The summed E-state index contributed by atoms with van der Waals surface area (Å²) in [6.45, 7) is -0.225. The number of benzene rings is 1. The van der Waals surface area contributed by atoms with Crippen molar-refractivity contribution >= 4 is 5.69 Å². The maximum Gasteiger partial charge on any atom is 0.435 e. The SMILES string of the molecule is O=[N+]([O-])c1cccc(Cn2cc(CCCO)c(C(F)(F)F)n2)c1. The average molecular weight is 329 g/mol. The summed E-state index contributed by atoms with van der Waals surface area (Å²) >= 11 is 0. The van der Waals surface area contributed by atoms with Crippen molar-refractivity contribution in [2.75, 3.05) is 6.61 Å². The number of hydrogen-bond acceptors (Lipinski definition) is 4. The molecule has 1 aromatic carbocycles. The molecule has 0 unspecified atom stereocenters. The molecule has 0 aliphatic heterocycles. The van der Waals surface area contributed by atoms with Gasteiger partial charge in [-0.2, -0.15) is 18.3 Å². The van der Waals surface area contributed by atoms with E-state index in [1.54, 1.807) is 6.07 Å². The second-order valence-electron chi connectivity index (χ2n) is 4.95. The van der Waals surface area contributed by atoms with Gasteiger partial charge in [0.05, 0.1) is 11.5 Å². The number of aliphatic hydroxyl groups excluding tert-OH is 1. The third-order valence-electron chi connectivity index (χ3n) is 3.18. The summed E-state index contributed by atoms with van der Waals surface area (Å²) in [7, 11) is 0. The molecule has 124 valence electrons. The first kappa shape index (κ1) is 16.9. The standard InChI is InChI=1S/C14H14F3N3O3/c15-14(16,17)13-11(4-2-6-21)9-19(18-13)8-10-3-1-5-12(7-10)20(22)23/h1,3,5,7,9,21H,2,4,6,8H2. The van der Waals surface area contributed by atoms with Crippen LogP contribution in [0.1, 0.15) is 23.2 Å². The fourth-order valence-electron chi connectivity index (χ4n) is 2.19. The number of non-ortho nitro benzene ring substituents is 1. The Hall–Kier alpha value is -2.42. The van der Waals surface area contributed by atoms with E-state index in [0.717, 1.165) is 4.68 Å². The van der Waals surface area contributed by atoms with Crippen molar-refractivity contribution < 1.29 is 23.2 Å². The highest BCUT2D eigenvalue weighted by atomic mass is 19.4. The smallest absolute Gasteiger partial charge is 0.396 e. The second-order valence-corrected chi connectivity index (χ2v) is 4.95. The minimum absolute atomic E-state index is 0.00280. The molecule has 0 saturated heterocycles. The molecule has 9 heteroatoms. The summed E-state index contributed by atoms with van der Waals surface area (Å²) in [6, 6.07) is 5.65. The van der Waals surface area contributed by atoms with Crippen LogP contribution in [0.15, 0.2) is 30.5 Å². The molecule has 0 bridgehead atoms. The number of aliphatic hydroxyl groups is 1. The van der Waals surface area contributed by atoms with Crippen LogP contribution in [0.5, 0.6) is 0 Å². The van der Waals surface area contributed by atoms with E-state index in [-0.39, 0.29) is 37.2 Å². The van der Waals surface area contributed by atoms with E-state index in [9.17, 15) is 23.3 Å². The summed E-state index contributed by atoms with van der Waals surface area (Å²) in [5.74, 6) is 0. The molecular formula is C14H14F3N3O3. The van der Waals surface area contributed by atoms with Gasteiger partial charge in [0.1, 0.15) is 0 Å². The predicted octanol–water partition coefficient (Wildman–Crippen LogP) is 2.78. The largest absolute Gasteiger partial charge is 0.435 e. The van der Waals surface area contributed by atoms with Gasteiger partial charge in [0.2, 0.25) is 0 Å². The van der Waals surface area contributed by atoms with E-state index in [0.29, 0.717) is 5.56 Å². The van der Waals surface area contributed by atoms with Crippen molar-refractivity contribution in [3.63, 3.8) is 0 Å². The highest BCUT2D eigenvalue weighted by Crippen LogP contribution is 2.31.